The molecular formula is C16H21N3O3. The Morgan fingerprint density at radius 1 is 1.45 bits per heavy atom. The summed E-state index contributed by atoms with van der Waals surface area (Å²) >= 11 is 0. The molecule has 1 fully saturated rings. The highest BCUT2D eigenvalue weighted by Gasteiger charge is 2.18. The second-order valence-corrected chi connectivity index (χ2v) is 5.76. The van der Waals surface area contributed by atoms with Gasteiger partial charge >= 0.3 is 0 Å². The van der Waals surface area contributed by atoms with E-state index in [1.807, 2.05) is 12.1 Å². The van der Waals surface area contributed by atoms with Crippen LogP contribution in [0.5, 0.6) is 5.75 Å². The van der Waals surface area contributed by atoms with E-state index < -0.39 is 0 Å². The van der Waals surface area contributed by atoms with E-state index in [1.54, 1.807) is 24.1 Å². The highest BCUT2D eigenvalue weighted by molar-refractivity contribution is 5.83. The van der Waals surface area contributed by atoms with Crippen molar-refractivity contribution < 1.29 is 9.47 Å². The number of hydrogen-bond donors (Lipinski definition) is 0. The van der Waals surface area contributed by atoms with Crippen molar-refractivity contribution in [2.24, 2.45) is 5.92 Å². The molecule has 0 amide bonds. The molecule has 0 N–H and O–H groups in total. The normalized spacial score (nSPS) is 20.0. The van der Waals surface area contributed by atoms with Crippen molar-refractivity contribution >= 4 is 10.9 Å². The Morgan fingerprint density at radius 2 is 2.32 bits per heavy atom. The van der Waals surface area contributed by atoms with Crippen LogP contribution in [0.2, 0.25) is 0 Å². The zero-order valence-corrected chi connectivity index (χ0v) is 13.0. The summed E-state index contributed by atoms with van der Waals surface area (Å²) in [6.07, 6.45) is 1.62. The van der Waals surface area contributed by atoms with E-state index in [2.05, 4.69) is 16.9 Å². The topological polar surface area (TPSA) is 56.6 Å². The molecule has 0 bridgehead atoms. The third kappa shape index (κ3) is 2.98. The van der Waals surface area contributed by atoms with Crippen molar-refractivity contribution in [3.63, 3.8) is 0 Å². The van der Waals surface area contributed by atoms with Gasteiger partial charge in [0.1, 0.15) is 11.1 Å². The molecule has 1 atom stereocenters. The second kappa shape index (κ2) is 6.46. The lowest BCUT2D eigenvalue weighted by Crippen LogP contribution is -2.32. The highest BCUT2D eigenvalue weighted by atomic mass is 16.5. The second-order valence-electron chi connectivity index (χ2n) is 5.76. The summed E-state index contributed by atoms with van der Waals surface area (Å²) in [5.41, 5.74) is 0.601. The monoisotopic (exact) mass is 303 g/mol. The van der Waals surface area contributed by atoms with Crippen molar-refractivity contribution in [2.45, 2.75) is 6.54 Å². The summed E-state index contributed by atoms with van der Waals surface area (Å²) in [5.74, 6) is 0.845. The molecule has 0 spiro atoms. The number of likely N-dealkylation sites (N-methyl/N-ethyl adjacent to an activating group) is 1. The minimum absolute atomic E-state index is 0.0608. The Kier molecular flexibility index (Phi) is 4.40. The molecule has 6 heteroatoms. The van der Waals surface area contributed by atoms with Gasteiger partial charge in [0.25, 0.3) is 5.56 Å². The number of benzene rings is 1. The summed E-state index contributed by atoms with van der Waals surface area (Å²) in [6.45, 7) is 3.85. The highest BCUT2D eigenvalue weighted by Crippen LogP contribution is 2.20. The molecule has 1 aromatic heterocycles. The minimum atomic E-state index is -0.0608. The number of hydrogen-bond acceptors (Lipinski definition) is 5. The molecule has 118 valence electrons. The lowest BCUT2D eigenvalue weighted by molar-refractivity contribution is 0.117. The average Bonchev–Trinajstić information content (AvgIpc) is 2.73. The molecule has 3 rings (SSSR count). The maximum Gasteiger partial charge on any atom is 0.264 e. The summed E-state index contributed by atoms with van der Waals surface area (Å²) < 4.78 is 12.6. The number of nitrogens with zero attached hydrogens (tertiary/aromatic N) is 3. The van der Waals surface area contributed by atoms with Gasteiger partial charge in [-0.15, -0.1) is 0 Å². The first-order chi connectivity index (χ1) is 10.7. The minimum Gasteiger partial charge on any atom is -0.496 e. The maximum absolute atomic E-state index is 12.7. The molecule has 1 aliphatic heterocycles. The van der Waals surface area contributed by atoms with Crippen LogP contribution in [0, 0.1) is 5.92 Å². The summed E-state index contributed by atoms with van der Waals surface area (Å²) in [7, 11) is 3.64. The maximum atomic E-state index is 12.7. The molecule has 0 radical (unpaired) electrons. The molecule has 0 unspecified atom stereocenters. The van der Waals surface area contributed by atoms with Gasteiger partial charge in [-0.3, -0.25) is 9.36 Å². The SMILES string of the molecule is COc1cccc2ncn(C[C@H]3COCCN(C)C3)c(=O)c12. The van der Waals surface area contributed by atoms with Gasteiger partial charge in [0, 0.05) is 25.6 Å². The van der Waals surface area contributed by atoms with Crippen LogP contribution in [0.4, 0.5) is 0 Å². The summed E-state index contributed by atoms with van der Waals surface area (Å²) in [4.78, 5) is 19.4. The van der Waals surface area contributed by atoms with Gasteiger partial charge in [-0.05, 0) is 19.2 Å². The standard InChI is InChI=1S/C16H21N3O3/c1-18-6-7-22-10-12(8-18)9-19-11-17-13-4-3-5-14(21-2)15(13)16(19)20/h3-5,11-12H,6-10H2,1-2H3/t12-/m0/s1. The molecular weight excluding hydrogens is 282 g/mol. The predicted octanol–water partition coefficient (Wildman–Crippen LogP) is 0.983. The van der Waals surface area contributed by atoms with Crippen molar-refractivity contribution in [2.75, 3.05) is 40.5 Å². The van der Waals surface area contributed by atoms with E-state index >= 15 is 0 Å². The smallest absolute Gasteiger partial charge is 0.264 e. The number of methoxy groups -OCH3 is 1. The Hall–Kier alpha value is -1.92. The van der Waals surface area contributed by atoms with Gasteiger partial charge in [0.15, 0.2) is 0 Å². The molecule has 1 aromatic carbocycles. The van der Waals surface area contributed by atoms with E-state index in [9.17, 15) is 4.79 Å². The molecule has 0 saturated carbocycles. The fraction of sp³-hybridized carbons (Fsp3) is 0.500. The molecule has 0 aliphatic carbocycles. The predicted molar refractivity (Wildman–Crippen MR) is 84.4 cm³/mol. The molecule has 6 nitrogen and oxygen atoms in total. The number of ether oxygens (including phenoxy) is 2. The third-order valence-electron chi connectivity index (χ3n) is 4.03. The molecule has 2 heterocycles. The number of fused-ring (bicyclic) bond motifs is 1. The zero-order chi connectivity index (χ0) is 15.5. The van der Waals surface area contributed by atoms with Crippen LogP contribution in [0.15, 0.2) is 29.3 Å². The third-order valence-corrected chi connectivity index (χ3v) is 4.03. The van der Waals surface area contributed by atoms with E-state index in [0.29, 0.717) is 29.8 Å². The number of rotatable bonds is 3. The van der Waals surface area contributed by atoms with Crippen LogP contribution in [0.3, 0.4) is 0 Å². The van der Waals surface area contributed by atoms with Crippen LogP contribution in [-0.2, 0) is 11.3 Å². The van der Waals surface area contributed by atoms with Crippen LogP contribution in [0.25, 0.3) is 10.9 Å². The number of aromatic nitrogens is 2. The quantitative estimate of drug-likeness (QED) is 0.846. The van der Waals surface area contributed by atoms with Gasteiger partial charge in [0.2, 0.25) is 0 Å². The van der Waals surface area contributed by atoms with Crippen molar-refractivity contribution in [3.8, 4) is 5.75 Å². The van der Waals surface area contributed by atoms with E-state index in [-0.39, 0.29) is 11.5 Å². The molecule has 2 aromatic rings. The summed E-state index contributed by atoms with van der Waals surface area (Å²) in [6, 6.07) is 5.45. The van der Waals surface area contributed by atoms with E-state index in [0.717, 1.165) is 19.7 Å². The van der Waals surface area contributed by atoms with Crippen molar-refractivity contribution in [1.29, 1.82) is 0 Å². The first-order valence-electron chi connectivity index (χ1n) is 7.47. The Labute approximate surface area is 129 Å². The van der Waals surface area contributed by atoms with Crippen LogP contribution >= 0.6 is 0 Å². The van der Waals surface area contributed by atoms with Gasteiger partial charge in [-0.25, -0.2) is 4.98 Å². The summed E-state index contributed by atoms with van der Waals surface area (Å²) in [5, 5.41) is 0.537. The molecule has 1 aliphatic rings. The Morgan fingerprint density at radius 3 is 3.14 bits per heavy atom. The first kappa shape index (κ1) is 15.0. The molecule has 22 heavy (non-hydrogen) atoms. The Balaban J connectivity index is 1.94. The van der Waals surface area contributed by atoms with Crippen molar-refractivity contribution in [3.05, 3.63) is 34.9 Å². The van der Waals surface area contributed by atoms with E-state index in [4.69, 9.17) is 9.47 Å². The zero-order valence-electron chi connectivity index (χ0n) is 13.0. The largest absolute Gasteiger partial charge is 0.496 e. The van der Waals surface area contributed by atoms with Crippen LogP contribution in [-0.4, -0.2) is 54.9 Å². The average molecular weight is 303 g/mol. The molecule has 1 saturated heterocycles. The van der Waals surface area contributed by atoms with Gasteiger partial charge in [-0.2, -0.15) is 0 Å². The van der Waals surface area contributed by atoms with E-state index in [1.165, 1.54) is 0 Å². The van der Waals surface area contributed by atoms with Crippen LogP contribution < -0.4 is 10.3 Å². The van der Waals surface area contributed by atoms with Gasteiger partial charge in [-0.1, -0.05) is 6.07 Å². The van der Waals surface area contributed by atoms with Gasteiger partial charge < -0.3 is 14.4 Å². The van der Waals surface area contributed by atoms with Crippen molar-refractivity contribution in [1.82, 2.24) is 14.5 Å². The van der Waals surface area contributed by atoms with Gasteiger partial charge in [0.05, 0.1) is 32.2 Å². The lowest BCUT2D eigenvalue weighted by atomic mass is 10.1. The fourth-order valence-electron chi connectivity index (χ4n) is 2.91. The van der Waals surface area contributed by atoms with Crippen LogP contribution in [0.1, 0.15) is 0 Å². The Bertz CT molecular complexity index is 713. The fourth-order valence-corrected chi connectivity index (χ4v) is 2.91. The first-order valence-corrected chi connectivity index (χ1v) is 7.47. The lowest BCUT2D eigenvalue weighted by Gasteiger charge is -2.19.